The monoisotopic (exact) mass is 198 g/mol. The third kappa shape index (κ3) is 2.53. The SMILES string of the molecule is C#CCCCc1cc(F)c(F)cc1F. The van der Waals surface area contributed by atoms with E-state index in [2.05, 4.69) is 5.92 Å². The fraction of sp³-hybridized carbons (Fsp3) is 0.273. The average molecular weight is 198 g/mol. The van der Waals surface area contributed by atoms with Crippen LogP contribution in [0.2, 0.25) is 0 Å². The Morgan fingerprint density at radius 1 is 1.07 bits per heavy atom. The second-order valence-corrected chi connectivity index (χ2v) is 2.92. The molecule has 0 aliphatic heterocycles. The van der Waals surface area contributed by atoms with Crippen LogP contribution in [0.3, 0.4) is 0 Å². The molecule has 0 aliphatic rings. The van der Waals surface area contributed by atoms with Gasteiger partial charge >= 0.3 is 0 Å². The smallest absolute Gasteiger partial charge is 0.161 e. The third-order valence-electron chi connectivity index (χ3n) is 1.86. The molecule has 0 atom stereocenters. The van der Waals surface area contributed by atoms with Crippen molar-refractivity contribution in [3.8, 4) is 12.3 Å². The zero-order chi connectivity index (χ0) is 10.6. The molecule has 0 saturated carbocycles. The van der Waals surface area contributed by atoms with Gasteiger partial charge in [-0.05, 0) is 24.5 Å². The van der Waals surface area contributed by atoms with Crippen LogP contribution in [0.4, 0.5) is 13.2 Å². The molecule has 0 aliphatic carbocycles. The summed E-state index contributed by atoms with van der Waals surface area (Å²) >= 11 is 0. The summed E-state index contributed by atoms with van der Waals surface area (Å²) in [7, 11) is 0. The van der Waals surface area contributed by atoms with E-state index in [4.69, 9.17) is 6.42 Å². The van der Waals surface area contributed by atoms with Crippen molar-refractivity contribution in [1.82, 2.24) is 0 Å². The van der Waals surface area contributed by atoms with Crippen molar-refractivity contribution in [3.63, 3.8) is 0 Å². The van der Waals surface area contributed by atoms with E-state index in [0.717, 1.165) is 6.07 Å². The first-order valence-electron chi connectivity index (χ1n) is 4.22. The summed E-state index contributed by atoms with van der Waals surface area (Å²) in [4.78, 5) is 0. The molecule has 0 spiro atoms. The Morgan fingerprint density at radius 3 is 2.36 bits per heavy atom. The van der Waals surface area contributed by atoms with Crippen LogP contribution >= 0.6 is 0 Å². The Bertz CT molecular complexity index is 364. The molecule has 1 rings (SSSR count). The van der Waals surface area contributed by atoms with E-state index in [1.807, 2.05) is 0 Å². The number of rotatable bonds is 3. The fourth-order valence-electron chi connectivity index (χ4n) is 1.14. The molecule has 0 saturated heterocycles. The highest BCUT2D eigenvalue weighted by Gasteiger charge is 2.08. The highest BCUT2D eigenvalue weighted by molar-refractivity contribution is 5.20. The Morgan fingerprint density at radius 2 is 1.71 bits per heavy atom. The minimum Gasteiger partial charge on any atom is -0.207 e. The molecule has 0 amide bonds. The van der Waals surface area contributed by atoms with Crippen LogP contribution < -0.4 is 0 Å². The average Bonchev–Trinajstić information content (AvgIpc) is 2.14. The van der Waals surface area contributed by atoms with Crippen molar-refractivity contribution < 1.29 is 13.2 Å². The highest BCUT2D eigenvalue weighted by Crippen LogP contribution is 2.15. The molecule has 0 radical (unpaired) electrons. The van der Waals surface area contributed by atoms with Gasteiger partial charge in [0, 0.05) is 12.5 Å². The number of aryl methyl sites for hydroxylation is 1. The van der Waals surface area contributed by atoms with E-state index in [1.165, 1.54) is 0 Å². The molecule has 0 heterocycles. The van der Waals surface area contributed by atoms with E-state index in [9.17, 15) is 13.2 Å². The van der Waals surface area contributed by atoms with Crippen molar-refractivity contribution in [2.45, 2.75) is 19.3 Å². The predicted molar refractivity (Wildman–Crippen MR) is 48.1 cm³/mol. The maximum absolute atomic E-state index is 13.0. The van der Waals surface area contributed by atoms with E-state index in [-0.39, 0.29) is 5.56 Å². The van der Waals surface area contributed by atoms with Crippen molar-refractivity contribution in [2.24, 2.45) is 0 Å². The lowest BCUT2D eigenvalue weighted by molar-refractivity contribution is 0.489. The molecule has 0 unspecified atom stereocenters. The largest absolute Gasteiger partial charge is 0.207 e. The molecule has 14 heavy (non-hydrogen) atoms. The second kappa shape index (κ2) is 4.71. The van der Waals surface area contributed by atoms with Crippen molar-refractivity contribution in [3.05, 3.63) is 35.1 Å². The molecule has 0 nitrogen and oxygen atoms in total. The molecule has 74 valence electrons. The van der Waals surface area contributed by atoms with E-state index >= 15 is 0 Å². The van der Waals surface area contributed by atoms with Gasteiger partial charge in [0.05, 0.1) is 0 Å². The number of hydrogen-bond acceptors (Lipinski definition) is 0. The first kappa shape index (κ1) is 10.6. The van der Waals surface area contributed by atoms with Gasteiger partial charge in [-0.1, -0.05) is 0 Å². The van der Waals surface area contributed by atoms with Gasteiger partial charge in [-0.25, -0.2) is 13.2 Å². The molecule has 0 fully saturated rings. The summed E-state index contributed by atoms with van der Waals surface area (Å²) in [5.74, 6) is -0.518. The van der Waals surface area contributed by atoms with Gasteiger partial charge in [-0.3, -0.25) is 0 Å². The lowest BCUT2D eigenvalue weighted by Gasteiger charge is -2.02. The summed E-state index contributed by atoms with van der Waals surface area (Å²) in [6.45, 7) is 0. The third-order valence-corrected chi connectivity index (χ3v) is 1.86. The molecule has 1 aromatic carbocycles. The normalized spacial score (nSPS) is 9.86. The van der Waals surface area contributed by atoms with Gasteiger partial charge in [0.15, 0.2) is 11.6 Å². The number of halogens is 3. The molecular formula is C11H9F3. The minimum absolute atomic E-state index is 0.166. The zero-order valence-electron chi connectivity index (χ0n) is 7.49. The lowest BCUT2D eigenvalue weighted by atomic mass is 10.1. The van der Waals surface area contributed by atoms with Gasteiger partial charge in [0.2, 0.25) is 0 Å². The summed E-state index contributed by atoms with van der Waals surface area (Å²) in [5.41, 5.74) is 0.166. The van der Waals surface area contributed by atoms with Crippen molar-refractivity contribution in [1.29, 1.82) is 0 Å². The van der Waals surface area contributed by atoms with E-state index in [1.54, 1.807) is 0 Å². The van der Waals surface area contributed by atoms with Gasteiger partial charge in [-0.15, -0.1) is 12.3 Å². The summed E-state index contributed by atoms with van der Waals surface area (Å²) in [5, 5.41) is 0. The van der Waals surface area contributed by atoms with Crippen molar-refractivity contribution >= 4 is 0 Å². The lowest BCUT2D eigenvalue weighted by Crippen LogP contribution is -1.95. The number of benzene rings is 1. The Balaban J connectivity index is 2.78. The molecule has 0 N–H and O–H groups in total. The highest BCUT2D eigenvalue weighted by atomic mass is 19.2. The van der Waals surface area contributed by atoms with E-state index in [0.29, 0.717) is 25.3 Å². The molecule has 0 aromatic heterocycles. The number of unbranched alkanes of at least 4 members (excludes halogenated alkanes) is 1. The number of hydrogen-bond donors (Lipinski definition) is 0. The summed E-state index contributed by atoms with van der Waals surface area (Å²) in [6, 6.07) is 1.43. The topological polar surface area (TPSA) is 0 Å². The van der Waals surface area contributed by atoms with Gasteiger partial charge in [-0.2, -0.15) is 0 Å². The maximum atomic E-state index is 13.0. The van der Waals surface area contributed by atoms with Crippen LogP contribution in [0, 0.1) is 29.8 Å². The Hall–Kier alpha value is -1.43. The number of terminal acetylenes is 1. The summed E-state index contributed by atoms with van der Waals surface area (Å²) in [6.07, 6.45) is 6.40. The fourth-order valence-corrected chi connectivity index (χ4v) is 1.14. The van der Waals surface area contributed by atoms with Crippen LogP contribution in [-0.2, 0) is 6.42 Å². The van der Waals surface area contributed by atoms with Gasteiger partial charge in [0.1, 0.15) is 5.82 Å². The van der Waals surface area contributed by atoms with Crippen LogP contribution in [0.15, 0.2) is 12.1 Å². The van der Waals surface area contributed by atoms with E-state index < -0.39 is 17.5 Å². The quantitative estimate of drug-likeness (QED) is 0.398. The van der Waals surface area contributed by atoms with Crippen LogP contribution in [0.1, 0.15) is 18.4 Å². The first-order valence-corrected chi connectivity index (χ1v) is 4.22. The zero-order valence-corrected chi connectivity index (χ0v) is 7.49. The summed E-state index contributed by atoms with van der Waals surface area (Å²) < 4.78 is 38.2. The molecule has 3 heteroatoms. The Kier molecular flexibility index (Phi) is 3.58. The molecule has 1 aromatic rings. The Labute approximate surface area is 80.8 Å². The minimum atomic E-state index is -1.16. The molecular weight excluding hydrogens is 189 g/mol. The molecule has 0 bridgehead atoms. The van der Waals surface area contributed by atoms with Gasteiger partial charge < -0.3 is 0 Å². The van der Waals surface area contributed by atoms with Gasteiger partial charge in [0.25, 0.3) is 0 Å². The van der Waals surface area contributed by atoms with Crippen LogP contribution in [0.25, 0.3) is 0 Å². The first-order chi connectivity index (χ1) is 6.65. The van der Waals surface area contributed by atoms with Crippen molar-refractivity contribution in [2.75, 3.05) is 0 Å². The van der Waals surface area contributed by atoms with Crippen LogP contribution in [-0.4, -0.2) is 0 Å². The predicted octanol–water partition coefficient (Wildman–Crippen LogP) is 3.06. The second-order valence-electron chi connectivity index (χ2n) is 2.92. The van der Waals surface area contributed by atoms with Crippen LogP contribution in [0.5, 0.6) is 0 Å². The maximum Gasteiger partial charge on any atom is 0.161 e. The standard InChI is InChI=1S/C11H9F3/c1-2-3-4-5-8-6-10(13)11(14)7-9(8)12/h1,6-7H,3-5H2.